The van der Waals surface area contributed by atoms with Gasteiger partial charge >= 0.3 is 11.9 Å². The van der Waals surface area contributed by atoms with Crippen molar-refractivity contribution in [2.45, 2.75) is 40.0 Å². The van der Waals surface area contributed by atoms with E-state index in [-0.39, 0.29) is 55.6 Å². The SMILES string of the molecule is COc1cc2c(CC(=O)OC(=O)C(C)c3c(C)n(C(=O)c4ccc(C)s4)c4cc(F)c(O)cc34)c(C)n(C(=O)c3ccc(F)cc3)c2cc1F. The second-order valence-corrected chi connectivity index (χ2v) is 13.1. The van der Waals surface area contributed by atoms with Crippen molar-refractivity contribution in [3.05, 3.63) is 116 Å². The number of carbonyl (C=O) groups excluding carboxylic acids is 4. The molecule has 0 bridgehead atoms. The number of ether oxygens (including phenoxy) is 2. The molecule has 0 saturated carbocycles. The van der Waals surface area contributed by atoms with Crippen molar-refractivity contribution in [2.24, 2.45) is 0 Å². The molecule has 1 unspecified atom stereocenters. The van der Waals surface area contributed by atoms with Crippen LogP contribution in [0.15, 0.2) is 60.7 Å². The van der Waals surface area contributed by atoms with Gasteiger partial charge in [0.2, 0.25) is 0 Å². The number of thiophene rings is 1. The number of fused-ring (bicyclic) bond motifs is 2. The van der Waals surface area contributed by atoms with Crippen molar-refractivity contribution in [2.75, 3.05) is 7.11 Å². The van der Waals surface area contributed by atoms with Gasteiger partial charge in [-0.15, -0.1) is 11.3 Å². The summed E-state index contributed by atoms with van der Waals surface area (Å²) in [6.07, 6.45) is -0.512. The molecule has 3 aromatic heterocycles. The largest absolute Gasteiger partial charge is 0.505 e. The van der Waals surface area contributed by atoms with Crippen LogP contribution in [0.1, 0.15) is 60.3 Å². The van der Waals surface area contributed by atoms with E-state index in [9.17, 15) is 37.5 Å². The number of methoxy groups -OCH3 is 1. The Balaban J connectivity index is 1.35. The molecular weight excluding hydrogens is 673 g/mol. The van der Waals surface area contributed by atoms with Gasteiger partial charge in [0.25, 0.3) is 11.8 Å². The number of rotatable bonds is 7. The number of aromatic nitrogens is 2. The molecule has 9 nitrogen and oxygen atoms in total. The van der Waals surface area contributed by atoms with Crippen LogP contribution in [-0.2, 0) is 20.7 Å². The van der Waals surface area contributed by atoms with Crippen LogP contribution in [0.4, 0.5) is 13.2 Å². The number of halogens is 3. The summed E-state index contributed by atoms with van der Waals surface area (Å²) < 4.78 is 55.9. The summed E-state index contributed by atoms with van der Waals surface area (Å²) in [5.74, 6) is -7.36. The van der Waals surface area contributed by atoms with E-state index in [0.717, 1.165) is 35.2 Å². The molecule has 0 amide bonds. The van der Waals surface area contributed by atoms with E-state index >= 15 is 0 Å². The topological polar surface area (TPSA) is 117 Å². The standard InChI is InChI=1S/C37H29F3N2O7S/c1-17-6-11-32(50-17)36(46)42-20(4)34(25-12-30(43)26(39)15-29(25)42)18(2)37(47)49-33(44)14-23-19(3)41(35(45)21-7-9-22(38)10-8-21)28-16-27(40)31(48-5)13-24(23)28/h6-13,15-16,18,43H,14H2,1-5H3. The van der Waals surface area contributed by atoms with Gasteiger partial charge in [0.1, 0.15) is 5.82 Å². The van der Waals surface area contributed by atoms with Crippen molar-refractivity contribution in [1.29, 1.82) is 0 Å². The Labute approximate surface area is 287 Å². The zero-order valence-electron chi connectivity index (χ0n) is 27.4. The van der Waals surface area contributed by atoms with Gasteiger partial charge in [-0.2, -0.15) is 0 Å². The number of hydrogen-bond donors (Lipinski definition) is 1. The summed E-state index contributed by atoms with van der Waals surface area (Å²) in [5, 5.41) is 10.7. The summed E-state index contributed by atoms with van der Waals surface area (Å²) in [4.78, 5) is 55.3. The molecule has 1 N–H and O–H groups in total. The Morgan fingerprint density at radius 3 is 2.10 bits per heavy atom. The fourth-order valence-corrected chi connectivity index (χ4v) is 7.06. The highest BCUT2D eigenvalue weighted by Crippen LogP contribution is 2.37. The second kappa shape index (κ2) is 13.0. The van der Waals surface area contributed by atoms with Crippen LogP contribution in [0.5, 0.6) is 11.5 Å². The average molecular weight is 703 g/mol. The molecule has 6 aromatic rings. The Morgan fingerprint density at radius 2 is 1.46 bits per heavy atom. The zero-order valence-corrected chi connectivity index (χ0v) is 28.2. The first-order valence-corrected chi connectivity index (χ1v) is 16.1. The Kier molecular flexibility index (Phi) is 8.87. The molecule has 3 heterocycles. The van der Waals surface area contributed by atoms with E-state index in [4.69, 9.17) is 9.47 Å². The molecule has 0 aliphatic carbocycles. The van der Waals surface area contributed by atoms with E-state index < -0.39 is 59.3 Å². The summed E-state index contributed by atoms with van der Waals surface area (Å²) >= 11 is 1.24. The molecule has 0 aliphatic heterocycles. The van der Waals surface area contributed by atoms with Crippen molar-refractivity contribution in [3.8, 4) is 11.5 Å². The molecule has 0 radical (unpaired) electrons. The van der Waals surface area contributed by atoms with Gasteiger partial charge in [-0.3, -0.25) is 28.3 Å². The second-order valence-electron chi connectivity index (χ2n) is 11.8. The van der Waals surface area contributed by atoms with E-state index in [2.05, 4.69) is 0 Å². The van der Waals surface area contributed by atoms with Gasteiger partial charge in [-0.25, -0.2) is 13.2 Å². The zero-order chi connectivity index (χ0) is 36.2. The fourth-order valence-electron chi connectivity index (χ4n) is 6.26. The average Bonchev–Trinajstić information content (AvgIpc) is 3.71. The van der Waals surface area contributed by atoms with E-state index in [0.29, 0.717) is 4.88 Å². The molecule has 6 rings (SSSR count). The van der Waals surface area contributed by atoms with Crippen molar-refractivity contribution in [3.63, 3.8) is 0 Å². The Morgan fingerprint density at radius 1 is 0.820 bits per heavy atom. The third kappa shape index (κ3) is 5.83. The maximum Gasteiger partial charge on any atom is 0.320 e. The predicted molar refractivity (Wildman–Crippen MR) is 180 cm³/mol. The molecule has 0 saturated heterocycles. The summed E-state index contributed by atoms with van der Waals surface area (Å²) in [5.41, 5.74) is 1.36. The third-order valence-corrected chi connectivity index (χ3v) is 9.69. The van der Waals surface area contributed by atoms with Crippen LogP contribution in [0.2, 0.25) is 0 Å². The van der Waals surface area contributed by atoms with Crippen molar-refractivity contribution < 1.29 is 46.9 Å². The smallest absolute Gasteiger partial charge is 0.320 e. The number of carbonyl (C=O) groups is 4. The number of phenols is 1. The first-order chi connectivity index (χ1) is 23.7. The van der Waals surface area contributed by atoms with Gasteiger partial charge in [0.05, 0.1) is 35.4 Å². The van der Waals surface area contributed by atoms with Crippen LogP contribution in [0.3, 0.4) is 0 Å². The lowest BCUT2D eigenvalue weighted by Gasteiger charge is -2.12. The van der Waals surface area contributed by atoms with Crippen molar-refractivity contribution >= 4 is 56.9 Å². The Bertz CT molecular complexity index is 2390. The number of hydrogen-bond acceptors (Lipinski definition) is 8. The van der Waals surface area contributed by atoms with Crippen molar-refractivity contribution in [1.82, 2.24) is 9.13 Å². The quantitative estimate of drug-likeness (QED) is 0.135. The number of aromatic hydroxyl groups is 1. The minimum absolute atomic E-state index is 0.105. The van der Waals surface area contributed by atoms with Crippen LogP contribution < -0.4 is 4.74 Å². The lowest BCUT2D eigenvalue weighted by Crippen LogP contribution is -2.21. The molecule has 3 aromatic carbocycles. The first-order valence-electron chi connectivity index (χ1n) is 15.3. The number of aryl methyl sites for hydroxylation is 1. The van der Waals surface area contributed by atoms with Crippen LogP contribution >= 0.6 is 11.3 Å². The summed E-state index contributed by atoms with van der Waals surface area (Å²) in [7, 11) is 1.26. The molecule has 0 spiro atoms. The number of nitrogens with zero attached hydrogens (tertiary/aromatic N) is 2. The normalized spacial score (nSPS) is 12.0. The highest BCUT2D eigenvalue weighted by molar-refractivity contribution is 7.14. The van der Waals surface area contributed by atoms with E-state index in [1.54, 1.807) is 19.1 Å². The molecule has 13 heteroatoms. The molecular formula is C37H29F3N2O7S. The number of benzene rings is 3. The van der Waals surface area contributed by atoms with Gasteiger partial charge in [0.15, 0.2) is 23.1 Å². The highest BCUT2D eigenvalue weighted by atomic mass is 32.1. The van der Waals surface area contributed by atoms with E-state index in [1.807, 2.05) is 6.92 Å². The van der Waals surface area contributed by atoms with Crippen LogP contribution in [-0.4, -0.2) is 45.1 Å². The molecule has 256 valence electrons. The van der Waals surface area contributed by atoms with E-state index in [1.165, 1.54) is 59.6 Å². The minimum Gasteiger partial charge on any atom is -0.505 e. The van der Waals surface area contributed by atoms with Crippen LogP contribution in [0, 0.1) is 38.2 Å². The molecule has 50 heavy (non-hydrogen) atoms. The lowest BCUT2D eigenvalue weighted by atomic mass is 9.97. The Hall–Kier alpha value is -5.69. The number of esters is 2. The number of phenolic OH excluding ortho intramolecular Hbond substituents is 1. The van der Waals surface area contributed by atoms with Gasteiger partial charge in [-0.05, 0) is 87.4 Å². The van der Waals surface area contributed by atoms with Gasteiger partial charge in [0, 0.05) is 44.7 Å². The third-order valence-electron chi connectivity index (χ3n) is 8.70. The predicted octanol–water partition coefficient (Wildman–Crippen LogP) is 7.51. The maximum atomic E-state index is 14.9. The molecule has 1 atom stereocenters. The van der Waals surface area contributed by atoms with Crippen LogP contribution in [0.25, 0.3) is 21.8 Å². The maximum absolute atomic E-state index is 14.9. The fraction of sp³-hybridized carbons (Fsp3) is 0.189. The summed E-state index contributed by atoms with van der Waals surface area (Å²) in [6.45, 7) is 6.39. The monoisotopic (exact) mass is 702 g/mol. The lowest BCUT2D eigenvalue weighted by molar-refractivity contribution is -0.160. The highest BCUT2D eigenvalue weighted by Gasteiger charge is 2.31. The molecule has 0 aliphatic rings. The first kappa shape index (κ1) is 34.2. The minimum atomic E-state index is -1.16. The molecule has 0 fully saturated rings. The van der Waals surface area contributed by atoms with Gasteiger partial charge < -0.3 is 14.6 Å². The van der Waals surface area contributed by atoms with Gasteiger partial charge in [-0.1, -0.05) is 0 Å². The summed E-state index contributed by atoms with van der Waals surface area (Å²) in [6, 6.07) is 12.7.